The maximum atomic E-state index is 11.6. The average molecular weight is 564 g/mol. The van der Waals surface area contributed by atoms with Crippen LogP contribution >= 0.6 is 0 Å². The summed E-state index contributed by atoms with van der Waals surface area (Å²) < 4.78 is 12.6. The van der Waals surface area contributed by atoms with Crippen LogP contribution in [0.4, 0.5) is 5.69 Å². The van der Waals surface area contributed by atoms with E-state index in [4.69, 9.17) is 4.74 Å². The molecule has 1 radical (unpaired) electrons. The third-order valence-electron chi connectivity index (χ3n) is 8.77. The molecule has 1 aliphatic carbocycles. The number of rotatable bonds is 5. The third-order valence-corrected chi connectivity index (χ3v) is 8.77. The van der Waals surface area contributed by atoms with Gasteiger partial charge in [0.25, 0.3) is 5.84 Å². The topological polar surface area (TPSA) is 80.2 Å². The molecule has 1 saturated heterocycles. The number of anilines is 1. The second-order valence-electron chi connectivity index (χ2n) is 12.2. The normalized spacial score (nSPS) is 22.3. The second-order valence-corrected chi connectivity index (χ2v) is 12.2. The number of nitrogens with one attached hydrogen (secondary N) is 1. The minimum absolute atomic E-state index is 0.0793. The summed E-state index contributed by atoms with van der Waals surface area (Å²) in [6.07, 6.45) is 14.4. The second kappa shape index (κ2) is 11.1. The molecule has 2 atom stereocenters. The number of hydrogen-bond donors (Lipinski definition) is 1. The molecule has 5 heterocycles. The number of carbonyl (C=O) groups excluding carboxylic acids is 1. The molecule has 4 aliphatic rings. The molecule has 1 amide bonds. The molecule has 215 valence electrons. The number of benzene rings is 1. The van der Waals surface area contributed by atoms with E-state index in [0.29, 0.717) is 5.92 Å². The molecule has 3 aliphatic heterocycles. The van der Waals surface area contributed by atoms with Crippen molar-refractivity contribution in [2.45, 2.75) is 71.5 Å². The zero-order valence-electron chi connectivity index (χ0n) is 24.7. The Morgan fingerprint density at radius 3 is 2.55 bits per heavy atom. The van der Waals surface area contributed by atoms with Crippen molar-refractivity contribution in [2.75, 3.05) is 18.4 Å². The lowest BCUT2D eigenvalue weighted by molar-refractivity contribution is -0.568. The molecule has 0 spiro atoms. The van der Waals surface area contributed by atoms with Crippen LogP contribution in [0.3, 0.4) is 0 Å². The first-order valence-corrected chi connectivity index (χ1v) is 15.3. The standard InChI is InChI=1S/C32H37BN7O2/c1-21-18-37(19-22(2)42-21)30-15-13-28-32(25-9-11-26(12-10-25)34-23(3)41)29-14-16-31(40(29)33-39(28)30)38-20-27(35-36-38)17-24-7-5-4-6-8-24/h9-16,20-22,24H,4-8,17-19H2,1-3H3/p+1. The van der Waals surface area contributed by atoms with Crippen molar-refractivity contribution in [2.24, 2.45) is 5.92 Å². The van der Waals surface area contributed by atoms with Crippen LogP contribution < -0.4 is 5.32 Å². The van der Waals surface area contributed by atoms with Crippen LogP contribution in [-0.2, 0) is 16.0 Å². The van der Waals surface area contributed by atoms with Gasteiger partial charge in [0.1, 0.15) is 24.6 Å². The molecule has 1 aromatic carbocycles. The Morgan fingerprint density at radius 1 is 1.05 bits per heavy atom. The predicted octanol–water partition coefficient (Wildman–Crippen LogP) is 4.40. The molecule has 2 unspecified atom stereocenters. The Kier molecular flexibility index (Phi) is 7.10. The fourth-order valence-corrected chi connectivity index (χ4v) is 6.99. The van der Waals surface area contributed by atoms with Gasteiger partial charge in [0, 0.05) is 30.0 Å². The van der Waals surface area contributed by atoms with E-state index in [2.05, 4.69) is 93.5 Å². The Hall–Kier alpha value is -3.92. The van der Waals surface area contributed by atoms with Gasteiger partial charge in [0.15, 0.2) is 0 Å². The summed E-state index contributed by atoms with van der Waals surface area (Å²) in [7, 11) is 2.18. The number of nitrogens with zero attached hydrogens (tertiary/aromatic N) is 6. The van der Waals surface area contributed by atoms with Crippen molar-refractivity contribution in [3.8, 4) is 5.82 Å². The Bertz CT molecular complexity index is 1580. The fourth-order valence-electron chi connectivity index (χ4n) is 6.99. The summed E-state index contributed by atoms with van der Waals surface area (Å²) in [6, 6.07) is 12.4. The van der Waals surface area contributed by atoms with E-state index >= 15 is 0 Å². The lowest BCUT2D eigenvalue weighted by atomic mass is 9.86. The molecular formula is C32H38BN7O2+. The zero-order valence-corrected chi connectivity index (χ0v) is 24.7. The smallest absolute Gasteiger partial charge is 0.367 e. The number of allylic oxidation sites excluding steroid dienone is 1. The summed E-state index contributed by atoms with van der Waals surface area (Å²) in [6.45, 7) is 7.47. The maximum absolute atomic E-state index is 11.6. The van der Waals surface area contributed by atoms with Gasteiger partial charge in [-0.1, -0.05) is 49.5 Å². The molecule has 1 N–H and O–H groups in total. The van der Waals surface area contributed by atoms with Crippen LogP contribution in [0.2, 0.25) is 0 Å². The van der Waals surface area contributed by atoms with Gasteiger partial charge in [-0.25, -0.2) is 4.68 Å². The number of morpholine rings is 1. The Labute approximate surface area is 247 Å². The average Bonchev–Trinajstić information content (AvgIpc) is 3.70. The van der Waals surface area contributed by atoms with E-state index in [9.17, 15) is 4.79 Å². The first kappa shape index (κ1) is 27.0. The van der Waals surface area contributed by atoms with E-state index in [0.717, 1.165) is 65.1 Å². The number of carbonyl (C=O) groups is 1. The summed E-state index contributed by atoms with van der Waals surface area (Å²) in [5, 5.41) is 12.1. The molecule has 7 rings (SSSR count). The summed E-state index contributed by atoms with van der Waals surface area (Å²) in [4.78, 5) is 13.9. The largest absolute Gasteiger partial charge is 0.553 e. The van der Waals surface area contributed by atoms with Crippen LogP contribution in [0.25, 0.3) is 11.4 Å². The molecule has 42 heavy (non-hydrogen) atoms. The molecule has 1 saturated carbocycles. The first-order valence-electron chi connectivity index (χ1n) is 15.3. The van der Waals surface area contributed by atoms with Gasteiger partial charge in [0.05, 0.1) is 24.1 Å². The van der Waals surface area contributed by atoms with E-state index in [-0.39, 0.29) is 18.1 Å². The summed E-state index contributed by atoms with van der Waals surface area (Å²) in [5.41, 5.74) is 6.26. The highest BCUT2D eigenvalue weighted by atomic mass is 16.5. The van der Waals surface area contributed by atoms with Gasteiger partial charge in [0.2, 0.25) is 5.91 Å². The number of fused-ring (bicyclic) bond motifs is 2. The number of amides is 1. The van der Waals surface area contributed by atoms with Crippen LogP contribution in [-0.4, -0.2) is 73.4 Å². The highest BCUT2D eigenvalue weighted by Gasteiger charge is 2.41. The quantitative estimate of drug-likeness (QED) is 0.368. The molecule has 10 heteroatoms. The van der Waals surface area contributed by atoms with Crippen LogP contribution in [0.15, 0.2) is 60.4 Å². The first-order chi connectivity index (χ1) is 20.4. The Morgan fingerprint density at radius 2 is 1.81 bits per heavy atom. The number of hydrogen-bond acceptors (Lipinski definition) is 4. The van der Waals surface area contributed by atoms with E-state index in [1.54, 1.807) is 0 Å². The van der Waals surface area contributed by atoms with Crippen molar-refractivity contribution in [1.29, 1.82) is 0 Å². The fraction of sp³-hybridized carbons (Fsp3) is 0.438. The maximum Gasteiger partial charge on any atom is 0.553 e. The van der Waals surface area contributed by atoms with Crippen molar-refractivity contribution >= 4 is 30.6 Å². The summed E-state index contributed by atoms with van der Waals surface area (Å²) >= 11 is 0. The van der Waals surface area contributed by atoms with Gasteiger partial charge in [-0.3, -0.25) is 14.2 Å². The van der Waals surface area contributed by atoms with Gasteiger partial charge in [-0.15, -0.1) is 5.10 Å². The van der Waals surface area contributed by atoms with Crippen LogP contribution in [0, 0.1) is 5.92 Å². The van der Waals surface area contributed by atoms with E-state index in [1.807, 2.05) is 16.8 Å². The molecule has 0 bridgehead atoms. The monoisotopic (exact) mass is 563 g/mol. The van der Waals surface area contributed by atoms with Gasteiger partial charge in [-0.05, 0) is 62.1 Å². The molecule has 3 aromatic rings. The third kappa shape index (κ3) is 5.13. The molecule has 9 nitrogen and oxygen atoms in total. The molecule has 2 aromatic heterocycles. The Balaban J connectivity index is 1.28. The predicted molar refractivity (Wildman–Crippen MR) is 164 cm³/mol. The van der Waals surface area contributed by atoms with Gasteiger partial charge in [-0.2, -0.15) is 0 Å². The highest BCUT2D eigenvalue weighted by molar-refractivity contribution is 6.40. The number of amidine groups is 1. The van der Waals surface area contributed by atoms with Crippen LogP contribution in [0.1, 0.15) is 69.8 Å². The van der Waals surface area contributed by atoms with Crippen LogP contribution in [0.5, 0.6) is 0 Å². The van der Waals surface area contributed by atoms with Gasteiger partial charge < -0.3 is 14.5 Å². The van der Waals surface area contributed by atoms with Gasteiger partial charge >= 0.3 is 7.55 Å². The molecular weight excluding hydrogens is 525 g/mol. The van der Waals surface area contributed by atoms with Crippen molar-refractivity contribution < 1.29 is 14.1 Å². The zero-order chi connectivity index (χ0) is 28.8. The number of ether oxygens (including phenoxy) is 1. The lowest BCUT2D eigenvalue weighted by Gasteiger charge is -2.30. The van der Waals surface area contributed by atoms with E-state index < -0.39 is 0 Å². The summed E-state index contributed by atoms with van der Waals surface area (Å²) in [5.74, 6) is 2.72. The number of aromatic nitrogens is 4. The minimum Gasteiger partial charge on any atom is -0.367 e. The van der Waals surface area contributed by atoms with Crippen molar-refractivity contribution in [3.05, 3.63) is 77.4 Å². The minimum atomic E-state index is -0.0793. The molecule has 2 fully saturated rings. The lowest BCUT2D eigenvalue weighted by Crippen LogP contribution is -2.48. The SMILES string of the molecule is CC(=O)Nc1ccc(C2=C3C=CC(=[N+]4CC(C)OC(C)C4)N3[B]n3c2ccc3-n2cc(CC3CCCCC3)nn2)cc1. The van der Waals surface area contributed by atoms with Crippen molar-refractivity contribution in [1.82, 2.24) is 24.3 Å². The highest BCUT2D eigenvalue weighted by Crippen LogP contribution is 2.37. The van der Waals surface area contributed by atoms with Crippen molar-refractivity contribution in [3.63, 3.8) is 0 Å². The van der Waals surface area contributed by atoms with E-state index in [1.165, 1.54) is 39.0 Å².